The largest absolute Gasteiger partial charge is 0.393 e. The van der Waals surface area contributed by atoms with E-state index in [0.717, 1.165) is 12.8 Å². The van der Waals surface area contributed by atoms with Crippen LogP contribution in [0.2, 0.25) is 0 Å². The number of rotatable bonds is 5. The van der Waals surface area contributed by atoms with Gasteiger partial charge in [-0.2, -0.15) is 0 Å². The van der Waals surface area contributed by atoms with Gasteiger partial charge in [0.2, 0.25) is 0 Å². The van der Waals surface area contributed by atoms with Crippen molar-refractivity contribution in [2.75, 3.05) is 6.54 Å². The summed E-state index contributed by atoms with van der Waals surface area (Å²) in [6, 6.07) is 0.536. The van der Waals surface area contributed by atoms with Crippen LogP contribution in [0, 0.1) is 0 Å². The summed E-state index contributed by atoms with van der Waals surface area (Å²) in [5.74, 6) is 0. The van der Waals surface area contributed by atoms with Gasteiger partial charge in [0.1, 0.15) is 0 Å². The molecule has 5 heteroatoms. The lowest BCUT2D eigenvalue weighted by molar-refractivity contribution is 0.178. The first-order valence-corrected chi connectivity index (χ1v) is 7.27. The molecule has 0 atom stereocenters. The number of hydrogen-bond donors (Lipinski definition) is 2. The Morgan fingerprint density at radius 2 is 2.00 bits per heavy atom. The normalized spacial score (nSPS) is 16.6. The van der Waals surface area contributed by atoms with Crippen LogP contribution in [0.3, 0.4) is 0 Å². The Kier molecular flexibility index (Phi) is 6.39. The molecule has 0 aromatic carbocycles. The summed E-state index contributed by atoms with van der Waals surface area (Å²) in [7, 11) is 0. The fourth-order valence-electron chi connectivity index (χ4n) is 2.33. The number of carbonyl (C=O) groups excluding carboxylic acids is 1. The molecule has 1 rings (SSSR count). The summed E-state index contributed by atoms with van der Waals surface area (Å²) < 4.78 is 0. The molecular weight excluding hydrogens is 246 g/mol. The van der Waals surface area contributed by atoms with Gasteiger partial charge in [-0.3, -0.25) is 0 Å². The van der Waals surface area contributed by atoms with Crippen LogP contribution in [0.15, 0.2) is 0 Å². The first-order chi connectivity index (χ1) is 8.50. The molecule has 0 aromatic rings. The number of nitrogens with zero attached hydrogens (tertiary/aromatic N) is 1. The molecular formula is C13H25N3OS. The van der Waals surface area contributed by atoms with Crippen molar-refractivity contribution in [3.05, 3.63) is 0 Å². The molecule has 0 radical (unpaired) electrons. The van der Waals surface area contributed by atoms with Crippen LogP contribution < -0.4 is 11.1 Å². The Balaban J connectivity index is 2.45. The smallest absolute Gasteiger partial charge is 0.317 e. The van der Waals surface area contributed by atoms with Crippen LogP contribution in [0.25, 0.3) is 0 Å². The zero-order valence-electron chi connectivity index (χ0n) is 11.4. The van der Waals surface area contributed by atoms with Crippen LogP contribution in [0.1, 0.15) is 52.4 Å². The number of thiocarbonyl (C=S) groups is 1. The summed E-state index contributed by atoms with van der Waals surface area (Å²) in [5.41, 5.74) is 5.50. The molecule has 4 nitrogen and oxygen atoms in total. The Morgan fingerprint density at radius 3 is 2.50 bits per heavy atom. The minimum absolute atomic E-state index is 0.0214. The van der Waals surface area contributed by atoms with Gasteiger partial charge in [0.15, 0.2) is 0 Å². The molecule has 0 unspecified atom stereocenters. The molecule has 0 spiro atoms. The van der Waals surface area contributed by atoms with Gasteiger partial charge < -0.3 is 16.0 Å². The molecule has 2 amide bonds. The minimum atomic E-state index is 0.0214. The van der Waals surface area contributed by atoms with E-state index < -0.39 is 0 Å². The van der Waals surface area contributed by atoms with Crippen molar-refractivity contribution in [3.63, 3.8) is 0 Å². The monoisotopic (exact) mass is 271 g/mol. The summed E-state index contributed by atoms with van der Waals surface area (Å²) in [5, 5.41) is 3.13. The number of carbonyl (C=O) groups is 1. The molecule has 1 saturated carbocycles. The zero-order chi connectivity index (χ0) is 13.5. The highest BCUT2D eigenvalue weighted by Crippen LogP contribution is 2.17. The van der Waals surface area contributed by atoms with Crippen molar-refractivity contribution in [3.8, 4) is 0 Å². The van der Waals surface area contributed by atoms with Crippen LogP contribution in [-0.4, -0.2) is 34.5 Å². The summed E-state index contributed by atoms with van der Waals surface area (Å²) in [6.45, 7) is 4.63. The highest BCUT2D eigenvalue weighted by molar-refractivity contribution is 7.80. The summed E-state index contributed by atoms with van der Waals surface area (Å²) in [4.78, 5) is 14.5. The molecule has 3 N–H and O–H groups in total. The van der Waals surface area contributed by atoms with Gasteiger partial charge >= 0.3 is 6.03 Å². The van der Waals surface area contributed by atoms with Crippen molar-refractivity contribution in [1.29, 1.82) is 0 Å². The number of urea groups is 1. The second kappa shape index (κ2) is 7.56. The molecule has 1 aliphatic carbocycles. The summed E-state index contributed by atoms with van der Waals surface area (Å²) in [6.07, 6.45) is 6.53. The topological polar surface area (TPSA) is 58.4 Å². The zero-order valence-corrected chi connectivity index (χ0v) is 12.3. The maximum Gasteiger partial charge on any atom is 0.317 e. The van der Waals surface area contributed by atoms with E-state index in [1.807, 2.05) is 18.7 Å². The predicted molar refractivity (Wildman–Crippen MR) is 78.6 cm³/mol. The molecule has 0 aliphatic heterocycles. The molecule has 104 valence electrons. The first-order valence-electron chi connectivity index (χ1n) is 6.86. The molecule has 1 fully saturated rings. The Labute approximate surface area is 115 Å². The second-order valence-corrected chi connectivity index (χ2v) is 5.81. The number of amides is 2. The highest BCUT2D eigenvalue weighted by atomic mass is 32.1. The van der Waals surface area contributed by atoms with Gasteiger partial charge in [-0.05, 0) is 26.7 Å². The fourth-order valence-corrected chi connectivity index (χ4v) is 2.42. The van der Waals surface area contributed by atoms with E-state index >= 15 is 0 Å². The van der Waals surface area contributed by atoms with Gasteiger partial charge in [-0.15, -0.1) is 0 Å². The van der Waals surface area contributed by atoms with Crippen LogP contribution in [0.5, 0.6) is 0 Å². The van der Waals surface area contributed by atoms with Crippen molar-refractivity contribution in [2.45, 2.75) is 64.5 Å². The van der Waals surface area contributed by atoms with E-state index in [0.29, 0.717) is 24.0 Å². The molecule has 0 saturated heterocycles. The van der Waals surface area contributed by atoms with Gasteiger partial charge in [0.25, 0.3) is 0 Å². The quantitative estimate of drug-likeness (QED) is 0.755. The maximum absolute atomic E-state index is 12.2. The number of nitrogens with one attached hydrogen (secondary N) is 1. The second-order valence-electron chi connectivity index (χ2n) is 5.29. The van der Waals surface area contributed by atoms with E-state index in [1.54, 1.807) is 0 Å². The third-order valence-corrected chi connectivity index (χ3v) is 3.62. The van der Waals surface area contributed by atoms with Crippen molar-refractivity contribution in [1.82, 2.24) is 10.2 Å². The molecule has 0 bridgehead atoms. The van der Waals surface area contributed by atoms with Crippen LogP contribution >= 0.6 is 12.2 Å². The molecule has 18 heavy (non-hydrogen) atoms. The van der Waals surface area contributed by atoms with Gasteiger partial charge in [0.05, 0.1) is 4.99 Å². The average Bonchev–Trinajstić information content (AvgIpc) is 2.29. The molecule has 0 heterocycles. The lowest BCUT2D eigenvalue weighted by Crippen LogP contribution is -2.49. The third-order valence-electron chi connectivity index (χ3n) is 3.42. The van der Waals surface area contributed by atoms with E-state index in [-0.39, 0.29) is 12.1 Å². The van der Waals surface area contributed by atoms with E-state index in [1.165, 1.54) is 19.3 Å². The Hall–Kier alpha value is -0.840. The Morgan fingerprint density at radius 1 is 1.39 bits per heavy atom. The highest BCUT2D eigenvalue weighted by Gasteiger charge is 2.21. The fraction of sp³-hybridized carbons (Fsp3) is 0.846. The van der Waals surface area contributed by atoms with Crippen molar-refractivity contribution < 1.29 is 4.79 Å². The number of nitrogens with two attached hydrogens (primary N) is 1. The van der Waals surface area contributed by atoms with Gasteiger partial charge in [0, 0.05) is 25.0 Å². The van der Waals surface area contributed by atoms with E-state index in [4.69, 9.17) is 18.0 Å². The van der Waals surface area contributed by atoms with Crippen LogP contribution in [0.4, 0.5) is 4.79 Å². The predicted octanol–water partition coefficient (Wildman–Crippen LogP) is 2.42. The third kappa shape index (κ3) is 5.21. The van der Waals surface area contributed by atoms with Crippen LogP contribution in [-0.2, 0) is 0 Å². The molecule has 0 aromatic heterocycles. The van der Waals surface area contributed by atoms with E-state index in [9.17, 15) is 4.79 Å². The standard InChI is InChI=1S/C13H25N3OS/c1-10(2)16(9-8-12(14)18)13(17)15-11-6-4-3-5-7-11/h10-11H,3-9H2,1-2H3,(H2,14,18)(H,15,17). The van der Waals surface area contributed by atoms with Gasteiger partial charge in [-0.25, -0.2) is 4.79 Å². The SMILES string of the molecule is CC(C)N(CCC(N)=S)C(=O)NC1CCCCC1. The first kappa shape index (κ1) is 15.2. The lowest BCUT2D eigenvalue weighted by Gasteiger charge is -2.30. The van der Waals surface area contributed by atoms with Crippen molar-refractivity contribution in [2.24, 2.45) is 5.73 Å². The maximum atomic E-state index is 12.2. The Bertz CT molecular complexity index is 288. The lowest BCUT2D eigenvalue weighted by atomic mass is 9.96. The molecule has 1 aliphatic rings. The van der Waals surface area contributed by atoms with Gasteiger partial charge in [-0.1, -0.05) is 31.5 Å². The van der Waals surface area contributed by atoms with Crippen molar-refractivity contribution >= 4 is 23.2 Å². The van der Waals surface area contributed by atoms with E-state index in [2.05, 4.69) is 5.32 Å². The number of hydrogen-bond acceptors (Lipinski definition) is 2. The summed E-state index contributed by atoms with van der Waals surface area (Å²) >= 11 is 4.87. The minimum Gasteiger partial charge on any atom is -0.393 e. The average molecular weight is 271 g/mol.